The molecular formula is C17H13F3N2O2. The number of rotatable bonds is 3. The molecule has 0 saturated carbocycles. The maximum atomic E-state index is 12.5. The monoisotopic (exact) mass is 334 g/mol. The van der Waals surface area contributed by atoms with Crippen molar-refractivity contribution in [3.63, 3.8) is 0 Å². The fourth-order valence-electron chi connectivity index (χ4n) is 2.47. The predicted molar refractivity (Wildman–Crippen MR) is 81.4 cm³/mol. The summed E-state index contributed by atoms with van der Waals surface area (Å²) in [6, 6.07) is 9.50. The summed E-state index contributed by atoms with van der Waals surface area (Å²) in [6.07, 6.45) is -4.15. The van der Waals surface area contributed by atoms with Crippen molar-refractivity contribution in [2.45, 2.75) is 19.1 Å². The SMILES string of the molecule is O=C1Cc2cc(C(=O)NCc3ccc(C(F)(F)F)cc3)ccc2N1. The minimum atomic E-state index is -4.38. The van der Waals surface area contributed by atoms with Crippen molar-refractivity contribution in [3.8, 4) is 0 Å². The second-order valence-electron chi connectivity index (χ2n) is 5.47. The highest BCUT2D eigenvalue weighted by Crippen LogP contribution is 2.29. The van der Waals surface area contributed by atoms with Crippen LogP contribution in [0.1, 0.15) is 27.0 Å². The maximum absolute atomic E-state index is 12.5. The molecule has 2 N–H and O–H groups in total. The van der Waals surface area contributed by atoms with Crippen LogP contribution in [-0.2, 0) is 23.9 Å². The number of benzene rings is 2. The molecule has 1 aliphatic heterocycles. The molecule has 0 radical (unpaired) electrons. The highest BCUT2D eigenvalue weighted by atomic mass is 19.4. The fourth-order valence-corrected chi connectivity index (χ4v) is 2.47. The van der Waals surface area contributed by atoms with E-state index in [1.807, 2.05) is 0 Å². The molecule has 0 spiro atoms. The highest BCUT2D eigenvalue weighted by Gasteiger charge is 2.29. The summed E-state index contributed by atoms with van der Waals surface area (Å²) in [5.74, 6) is -0.468. The van der Waals surface area contributed by atoms with E-state index in [1.54, 1.807) is 18.2 Å². The first kappa shape index (κ1) is 16.0. The Bertz CT molecular complexity index is 798. The lowest BCUT2D eigenvalue weighted by Crippen LogP contribution is -2.22. The first-order chi connectivity index (χ1) is 11.3. The zero-order chi connectivity index (χ0) is 17.3. The van der Waals surface area contributed by atoms with Gasteiger partial charge in [-0.2, -0.15) is 13.2 Å². The van der Waals surface area contributed by atoms with Crippen LogP contribution in [-0.4, -0.2) is 11.8 Å². The minimum absolute atomic E-state index is 0.116. The second-order valence-corrected chi connectivity index (χ2v) is 5.47. The first-order valence-corrected chi connectivity index (χ1v) is 7.20. The molecule has 3 rings (SSSR count). The van der Waals surface area contributed by atoms with Crippen LogP contribution in [0.5, 0.6) is 0 Å². The number of halogens is 3. The summed E-state index contributed by atoms with van der Waals surface area (Å²) in [5, 5.41) is 5.33. The van der Waals surface area contributed by atoms with Gasteiger partial charge >= 0.3 is 6.18 Å². The predicted octanol–water partition coefficient (Wildman–Crippen LogP) is 3.13. The van der Waals surface area contributed by atoms with Gasteiger partial charge in [0.2, 0.25) is 5.91 Å². The molecule has 0 aromatic heterocycles. The van der Waals surface area contributed by atoms with Crippen molar-refractivity contribution >= 4 is 17.5 Å². The Morgan fingerprint density at radius 1 is 1.12 bits per heavy atom. The van der Waals surface area contributed by atoms with Crippen molar-refractivity contribution in [3.05, 3.63) is 64.7 Å². The van der Waals surface area contributed by atoms with Crippen molar-refractivity contribution in [2.75, 3.05) is 5.32 Å². The summed E-state index contributed by atoms with van der Waals surface area (Å²) in [5.41, 5.74) is 1.68. The molecule has 2 aromatic carbocycles. The second kappa shape index (κ2) is 5.99. The molecule has 0 saturated heterocycles. The third kappa shape index (κ3) is 3.40. The third-order valence-corrected chi connectivity index (χ3v) is 3.73. The number of carbonyl (C=O) groups is 2. The Labute approximate surface area is 135 Å². The number of fused-ring (bicyclic) bond motifs is 1. The van der Waals surface area contributed by atoms with Gasteiger partial charge in [-0.3, -0.25) is 9.59 Å². The topological polar surface area (TPSA) is 58.2 Å². The van der Waals surface area contributed by atoms with Crippen LogP contribution in [0.4, 0.5) is 18.9 Å². The lowest BCUT2D eigenvalue weighted by atomic mass is 10.1. The molecule has 4 nitrogen and oxygen atoms in total. The number of alkyl halides is 3. The molecule has 0 atom stereocenters. The van der Waals surface area contributed by atoms with Crippen LogP contribution < -0.4 is 10.6 Å². The van der Waals surface area contributed by atoms with E-state index in [9.17, 15) is 22.8 Å². The van der Waals surface area contributed by atoms with Gasteiger partial charge in [-0.05, 0) is 41.5 Å². The van der Waals surface area contributed by atoms with Gasteiger partial charge < -0.3 is 10.6 Å². The molecule has 7 heteroatoms. The van der Waals surface area contributed by atoms with Gasteiger partial charge in [-0.15, -0.1) is 0 Å². The highest BCUT2D eigenvalue weighted by molar-refractivity contribution is 6.01. The van der Waals surface area contributed by atoms with Gasteiger partial charge in [0, 0.05) is 17.8 Å². The lowest BCUT2D eigenvalue weighted by Gasteiger charge is -2.09. The van der Waals surface area contributed by atoms with Crippen LogP contribution in [0.25, 0.3) is 0 Å². The molecule has 0 aliphatic carbocycles. The van der Waals surface area contributed by atoms with Gasteiger partial charge in [-0.25, -0.2) is 0 Å². The molecule has 24 heavy (non-hydrogen) atoms. The van der Waals surface area contributed by atoms with Gasteiger partial charge in [-0.1, -0.05) is 12.1 Å². The van der Waals surface area contributed by atoms with E-state index in [1.165, 1.54) is 12.1 Å². The van der Waals surface area contributed by atoms with Crippen molar-refractivity contribution < 1.29 is 22.8 Å². The zero-order valence-electron chi connectivity index (χ0n) is 12.4. The third-order valence-electron chi connectivity index (χ3n) is 3.73. The van der Waals surface area contributed by atoms with E-state index in [4.69, 9.17) is 0 Å². The van der Waals surface area contributed by atoms with E-state index in [0.717, 1.165) is 17.7 Å². The molecule has 1 aliphatic rings. The number of nitrogens with one attached hydrogen (secondary N) is 2. The quantitative estimate of drug-likeness (QED) is 0.906. The zero-order valence-corrected chi connectivity index (χ0v) is 12.4. The molecular weight excluding hydrogens is 321 g/mol. The number of anilines is 1. The Morgan fingerprint density at radius 3 is 2.50 bits per heavy atom. The lowest BCUT2D eigenvalue weighted by molar-refractivity contribution is -0.137. The van der Waals surface area contributed by atoms with Crippen LogP contribution in [0.2, 0.25) is 0 Å². The number of hydrogen-bond acceptors (Lipinski definition) is 2. The Morgan fingerprint density at radius 2 is 1.83 bits per heavy atom. The smallest absolute Gasteiger partial charge is 0.348 e. The van der Waals surface area contributed by atoms with Crippen LogP contribution in [0, 0.1) is 0 Å². The van der Waals surface area contributed by atoms with E-state index in [2.05, 4.69) is 10.6 Å². The molecule has 0 unspecified atom stereocenters. The Hall–Kier alpha value is -2.83. The molecule has 2 amide bonds. The van der Waals surface area contributed by atoms with E-state index in [0.29, 0.717) is 16.8 Å². The normalized spacial score (nSPS) is 13.4. The molecule has 0 fully saturated rings. The van der Waals surface area contributed by atoms with Gasteiger partial charge in [0.05, 0.1) is 12.0 Å². The van der Waals surface area contributed by atoms with Crippen molar-refractivity contribution in [1.82, 2.24) is 5.32 Å². The van der Waals surface area contributed by atoms with Crippen LogP contribution in [0.3, 0.4) is 0 Å². The summed E-state index contributed by atoms with van der Waals surface area (Å²) < 4.78 is 37.5. The van der Waals surface area contributed by atoms with E-state index < -0.39 is 11.7 Å². The maximum Gasteiger partial charge on any atom is 0.416 e. The van der Waals surface area contributed by atoms with Gasteiger partial charge in [0.25, 0.3) is 5.91 Å². The number of carbonyl (C=O) groups excluding carboxylic acids is 2. The standard InChI is InChI=1S/C17H13F3N2O2/c18-17(19,20)13-4-1-10(2-5-13)9-21-16(24)11-3-6-14-12(7-11)8-15(23)22-14/h1-7H,8-9H2,(H,21,24)(H,22,23). The number of amides is 2. The fraction of sp³-hybridized carbons (Fsp3) is 0.176. The Kier molecular flexibility index (Phi) is 4.01. The van der Waals surface area contributed by atoms with E-state index in [-0.39, 0.29) is 24.8 Å². The van der Waals surface area contributed by atoms with Crippen molar-refractivity contribution in [1.29, 1.82) is 0 Å². The average molecular weight is 334 g/mol. The summed E-state index contributed by atoms with van der Waals surface area (Å²) in [7, 11) is 0. The minimum Gasteiger partial charge on any atom is -0.348 e. The largest absolute Gasteiger partial charge is 0.416 e. The first-order valence-electron chi connectivity index (χ1n) is 7.20. The molecule has 1 heterocycles. The average Bonchev–Trinajstić information content (AvgIpc) is 2.91. The molecule has 2 aromatic rings. The summed E-state index contributed by atoms with van der Waals surface area (Å²) in [4.78, 5) is 23.4. The van der Waals surface area contributed by atoms with Crippen LogP contribution >= 0.6 is 0 Å². The summed E-state index contributed by atoms with van der Waals surface area (Å²) >= 11 is 0. The summed E-state index contributed by atoms with van der Waals surface area (Å²) in [6.45, 7) is 0.116. The number of hydrogen-bond donors (Lipinski definition) is 2. The Balaban J connectivity index is 1.64. The van der Waals surface area contributed by atoms with Gasteiger partial charge in [0.1, 0.15) is 0 Å². The molecule has 0 bridgehead atoms. The van der Waals surface area contributed by atoms with Crippen molar-refractivity contribution in [2.24, 2.45) is 0 Å². The van der Waals surface area contributed by atoms with Gasteiger partial charge in [0.15, 0.2) is 0 Å². The van der Waals surface area contributed by atoms with Crippen LogP contribution in [0.15, 0.2) is 42.5 Å². The van der Waals surface area contributed by atoms with E-state index >= 15 is 0 Å². The molecule has 124 valence electrons.